The second kappa shape index (κ2) is 7.41. The molecule has 1 aliphatic rings. The van der Waals surface area contributed by atoms with Crippen LogP contribution in [0.2, 0.25) is 0 Å². The molecule has 0 atom stereocenters. The maximum Gasteiger partial charge on any atom is 0.202 e. The minimum atomic E-state index is 0.802. The zero-order valence-corrected chi connectivity index (χ0v) is 11.4. The summed E-state index contributed by atoms with van der Waals surface area (Å²) in [6.07, 6.45) is 10.5. The Hall–Kier alpha value is -1.03. The molecule has 4 nitrogen and oxygen atoms in total. The van der Waals surface area contributed by atoms with Crippen LogP contribution < -0.4 is 5.32 Å². The van der Waals surface area contributed by atoms with E-state index in [1.807, 2.05) is 19.3 Å². The first-order valence-corrected chi connectivity index (χ1v) is 7.23. The van der Waals surface area contributed by atoms with Gasteiger partial charge >= 0.3 is 0 Å². The summed E-state index contributed by atoms with van der Waals surface area (Å²) in [7, 11) is 0. The Kier molecular flexibility index (Phi) is 5.52. The van der Waals surface area contributed by atoms with Gasteiger partial charge in [0.15, 0.2) is 0 Å². The Morgan fingerprint density at radius 1 is 1.44 bits per heavy atom. The molecule has 0 amide bonds. The number of anilines is 1. The number of nitrogens with zero attached hydrogens (tertiary/aromatic N) is 2. The average Bonchev–Trinajstić information content (AvgIpc) is 3.10. The molecule has 1 N–H and O–H groups in total. The van der Waals surface area contributed by atoms with Gasteiger partial charge in [0.05, 0.1) is 0 Å². The van der Waals surface area contributed by atoms with Gasteiger partial charge in [0, 0.05) is 38.7 Å². The largest absolute Gasteiger partial charge is 0.382 e. The van der Waals surface area contributed by atoms with Crippen LogP contribution in [0.25, 0.3) is 0 Å². The fourth-order valence-electron chi connectivity index (χ4n) is 2.14. The van der Waals surface area contributed by atoms with Gasteiger partial charge in [-0.1, -0.05) is 12.8 Å². The molecule has 1 aliphatic carbocycles. The fraction of sp³-hybridized carbons (Fsp3) is 0.786. The summed E-state index contributed by atoms with van der Waals surface area (Å²) in [5.74, 6) is 2.03. The third-order valence-corrected chi connectivity index (χ3v) is 3.38. The molecule has 1 aromatic heterocycles. The van der Waals surface area contributed by atoms with Crippen LogP contribution in [0, 0.1) is 5.92 Å². The number of ether oxygens (including phenoxy) is 1. The van der Waals surface area contributed by atoms with E-state index in [1.54, 1.807) is 0 Å². The van der Waals surface area contributed by atoms with E-state index in [0.717, 1.165) is 44.6 Å². The molecule has 1 saturated carbocycles. The molecule has 0 unspecified atom stereocenters. The normalized spacial score (nSPS) is 14.9. The monoisotopic (exact) mass is 251 g/mol. The van der Waals surface area contributed by atoms with Gasteiger partial charge in [-0.15, -0.1) is 0 Å². The molecule has 2 rings (SSSR count). The van der Waals surface area contributed by atoms with Crippen molar-refractivity contribution in [2.24, 2.45) is 5.92 Å². The number of rotatable bonds is 10. The molecule has 1 fully saturated rings. The maximum absolute atomic E-state index is 5.35. The van der Waals surface area contributed by atoms with E-state index in [9.17, 15) is 0 Å². The van der Waals surface area contributed by atoms with Crippen LogP contribution >= 0.6 is 0 Å². The number of aromatic nitrogens is 2. The van der Waals surface area contributed by atoms with Crippen molar-refractivity contribution >= 4 is 5.95 Å². The van der Waals surface area contributed by atoms with Gasteiger partial charge < -0.3 is 14.6 Å². The lowest BCUT2D eigenvalue weighted by Gasteiger charge is -2.09. The van der Waals surface area contributed by atoms with Crippen LogP contribution in [0.5, 0.6) is 0 Å². The molecule has 1 heterocycles. The first-order valence-electron chi connectivity index (χ1n) is 7.23. The van der Waals surface area contributed by atoms with Crippen LogP contribution in [0.15, 0.2) is 12.4 Å². The van der Waals surface area contributed by atoms with Gasteiger partial charge in [-0.25, -0.2) is 4.98 Å². The molecule has 0 bridgehead atoms. The Bertz CT molecular complexity index is 334. The van der Waals surface area contributed by atoms with E-state index in [2.05, 4.69) is 14.9 Å². The summed E-state index contributed by atoms with van der Waals surface area (Å²) >= 11 is 0. The molecular formula is C14H25N3O. The molecule has 0 spiro atoms. The minimum Gasteiger partial charge on any atom is -0.382 e. The smallest absolute Gasteiger partial charge is 0.202 e. The number of nitrogens with one attached hydrogen (secondary N) is 1. The van der Waals surface area contributed by atoms with Crippen molar-refractivity contribution in [3.05, 3.63) is 12.4 Å². The maximum atomic E-state index is 5.35. The van der Waals surface area contributed by atoms with Crippen molar-refractivity contribution < 1.29 is 4.74 Å². The molecule has 0 aromatic carbocycles. The van der Waals surface area contributed by atoms with Crippen LogP contribution in [-0.2, 0) is 11.3 Å². The van der Waals surface area contributed by atoms with Gasteiger partial charge in [-0.3, -0.25) is 0 Å². The van der Waals surface area contributed by atoms with Crippen LogP contribution in [0.1, 0.15) is 39.0 Å². The molecule has 102 valence electrons. The first kappa shape index (κ1) is 13.4. The number of imidazole rings is 1. The van der Waals surface area contributed by atoms with Crippen molar-refractivity contribution in [2.75, 3.05) is 25.1 Å². The van der Waals surface area contributed by atoms with E-state index in [1.165, 1.54) is 25.7 Å². The summed E-state index contributed by atoms with van der Waals surface area (Å²) in [6.45, 7) is 5.68. The van der Waals surface area contributed by atoms with Crippen LogP contribution in [-0.4, -0.2) is 29.3 Å². The minimum absolute atomic E-state index is 0.802. The van der Waals surface area contributed by atoms with E-state index >= 15 is 0 Å². The Morgan fingerprint density at radius 2 is 2.33 bits per heavy atom. The lowest BCUT2D eigenvalue weighted by atomic mass is 10.2. The summed E-state index contributed by atoms with van der Waals surface area (Å²) in [5.41, 5.74) is 0. The van der Waals surface area contributed by atoms with Crippen molar-refractivity contribution in [1.29, 1.82) is 0 Å². The molecular weight excluding hydrogens is 226 g/mol. The Balaban J connectivity index is 1.62. The predicted molar refractivity (Wildman–Crippen MR) is 73.8 cm³/mol. The predicted octanol–water partition coefficient (Wildman–Crippen LogP) is 2.91. The standard InChI is InChI=1S/C14H25N3O/c1-2-18-12-4-10-17-11-9-16-14(17)15-8-3-5-13-6-7-13/h9,11,13H,2-8,10,12H2,1H3,(H,15,16). The highest BCUT2D eigenvalue weighted by atomic mass is 16.5. The lowest BCUT2D eigenvalue weighted by molar-refractivity contribution is 0.142. The molecule has 1 aromatic rings. The number of hydrogen-bond acceptors (Lipinski definition) is 3. The Morgan fingerprint density at radius 3 is 3.11 bits per heavy atom. The second-order valence-electron chi connectivity index (χ2n) is 5.01. The van der Waals surface area contributed by atoms with E-state index in [4.69, 9.17) is 4.74 Å². The highest BCUT2D eigenvalue weighted by Crippen LogP contribution is 2.33. The summed E-state index contributed by atoms with van der Waals surface area (Å²) in [5, 5.41) is 3.43. The van der Waals surface area contributed by atoms with Gasteiger partial charge in [0.25, 0.3) is 0 Å². The second-order valence-corrected chi connectivity index (χ2v) is 5.01. The molecule has 0 saturated heterocycles. The van der Waals surface area contributed by atoms with E-state index in [0.29, 0.717) is 0 Å². The third-order valence-electron chi connectivity index (χ3n) is 3.38. The van der Waals surface area contributed by atoms with E-state index in [-0.39, 0.29) is 0 Å². The van der Waals surface area contributed by atoms with Crippen LogP contribution in [0.3, 0.4) is 0 Å². The molecule has 0 aliphatic heterocycles. The third kappa shape index (κ3) is 4.69. The highest BCUT2D eigenvalue weighted by Gasteiger charge is 2.19. The molecule has 0 radical (unpaired) electrons. The molecule has 18 heavy (non-hydrogen) atoms. The van der Waals surface area contributed by atoms with Crippen molar-refractivity contribution in [2.45, 2.75) is 45.6 Å². The van der Waals surface area contributed by atoms with Crippen LogP contribution in [0.4, 0.5) is 5.95 Å². The van der Waals surface area contributed by atoms with Gasteiger partial charge in [-0.05, 0) is 32.1 Å². The van der Waals surface area contributed by atoms with Gasteiger partial charge in [0.2, 0.25) is 5.95 Å². The SMILES string of the molecule is CCOCCCn1ccnc1NCCCC1CC1. The fourth-order valence-corrected chi connectivity index (χ4v) is 2.14. The summed E-state index contributed by atoms with van der Waals surface area (Å²) < 4.78 is 7.53. The summed E-state index contributed by atoms with van der Waals surface area (Å²) in [6, 6.07) is 0. The zero-order chi connectivity index (χ0) is 12.6. The van der Waals surface area contributed by atoms with Crippen molar-refractivity contribution in [3.63, 3.8) is 0 Å². The quantitative estimate of drug-likeness (QED) is 0.650. The Labute approximate surface area is 110 Å². The van der Waals surface area contributed by atoms with Gasteiger partial charge in [0.1, 0.15) is 0 Å². The lowest BCUT2D eigenvalue weighted by Crippen LogP contribution is -2.10. The average molecular weight is 251 g/mol. The highest BCUT2D eigenvalue weighted by molar-refractivity contribution is 5.25. The van der Waals surface area contributed by atoms with E-state index < -0.39 is 0 Å². The zero-order valence-electron chi connectivity index (χ0n) is 11.4. The first-order chi connectivity index (χ1) is 8.90. The molecule has 4 heteroatoms. The van der Waals surface area contributed by atoms with Crippen molar-refractivity contribution in [3.8, 4) is 0 Å². The topological polar surface area (TPSA) is 39.1 Å². The number of hydrogen-bond donors (Lipinski definition) is 1. The number of aryl methyl sites for hydroxylation is 1. The van der Waals surface area contributed by atoms with Crippen molar-refractivity contribution in [1.82, 2.24) is 9.55 Å². The summed E-state index contributed by atoms with van der Waals surface area (Å²) in [4.78, 5) is 4.36. The van der Waals surface area contributed by atoms with Gasteiger partial charge in [-0.2, -0.15) is 0 Å².